The molecule has 4 nitrogen and oxygen atoms in total. The summed E-state index contributed by atoms with van der Waals surface area (Å²) in [7, 11) is 0. The lowest BCUT2D eigenvalue weighted by molar-refractivity contribution is -0.148. The van der Waals surface area contributed by atoms with Crippen molar-refractivity contribution in [1.29, 1.82) is 0 Å². The number of halogens is 1. The quantitative estimate of drug-likeness (QED) is 0.705. The van der Waals surface area contributed by atoms with Crippen LogP contribution >= 0.6 is 11.6 Å². The van der Waals surface area contributed by atoms with Gasteiger partial charge in [0, 0.05) is 0 Å². The second kappa shape index (κ2) is 3.64. The van der Waals surface area contributed by atoms with Gasteiger partial charge < -0.3 is 15.9 Å². The van der Waals surface area contributed by atoms with Crippen molar-refractivity contribution in [1.82, 2.24) is 0 Å². The van der Waals surface area contributed by atoms with Crippen LogP contribution in [0.2, 0.25) is 5.02 Å². The number of carboxylic acids is 1. The highest BCUT2D eigenvalue weighted by atomic mass is 35.5. The molecule has 0 spiro atoms. The van der Waals surface area contributed by atoms with E-state index in [9.17, 15) is 9.90 Å². The van der Waals surface area contributed by atoms with Crippen LogP contribution in [0, 0.1) is 5.41 Å². The van der Waals surface area contributed by atoms with Gasteiger partial charge in [0.2, 0.25) is 0 Å². The number of hydrogen-bond donors (Lipinski definition) is 3. The van der Waals surface area contributed by atoms with E-state index >= 15 is 0 Å². The predicted octanol–water partition coefficient (Wildman–Crippen LogP) is 1.82. The second-order valence-electron chi connectivity index (χ2n) is 4.14. The van der Waals surface area contributed by atoms with Crippen molar-refractivity contribution in [3.05, 3.63) is 28.8 Å². The summed E-state index contributed by atoms with van der Waals surface area (Å²) in [5.41, 5.74) is 5.43. The maximum Gasteiger partial charge on any atom is 0.312 e. The van der Waals surface area contributed by atoms with Gasteiger partial charge in [-0.05, 0) is 30.5 Å². The zero-order valence-corrected chi connectivity index (χ0v) is 9.24. The number of anilines is 1. The number of hydrogen-bond acceptors (Lipinski definition) is 3. The van der Waals surface area contributed by atoms with Crippen molar-refractivity contribution in [2.75, 3.05) is 5.73 Å². The largest absolute Gasteiger partial charge is 0.481 e. The van der Waals surface area contributed by atoms with Crippen LogP contribution in [0.3, 0.4) is 0 Å². The minimum absolute atomic E-state index is 0.347. The first-order chi connectivity index (χ1) is 7.47. The van der Waals surface area contributed by atoms with Gasteiger partial charge in [-0.3, -0.25) is 4.79 Å². The molecule has 4 N–H and O–H groups in total. The fourth-order valence-electron chi connectivity index (χ4n) is 1.79. The van der Waals surface area contributed by atoms with Crippen LogP contribution in [0.5, 0.6) is 0 Å². The molecule has 1 atom stereocenters. The molecule has 0 saturated heterocycles. The molecule has 1 fully saturated rings. The summed E-state index contributed by atoms with van der Waals surface area (Å²) in [6, 6.07) is 4.69. The predicted molar refractivity (Wildman–Crippen MR) is 60.1 cm³/mol. The van der Waals surface area contributed by atoms with Crippen LogP contribution in [-0.2, 0) is 4.79 Å². The van der Waals surface area contributed by atoms with E-state index in [-0.39, 0.29) is 0 Å². The maximum absolute atomic E-state index is 11.0. The Morgan fingerprint density at radius 3 is 2.56 bits per heavy atom. The number of aliphatic carboxylic acids is 1. The molecule has 0 bridgehead atoms. The van der Waals surface area contributed by atoms with Crippen LogP contribution < -0.4 is 5.73 Å². The Hall–Kier alpha value is -1.26. The van der Waals surface area contributed by atoms with Crippen molar-refractivity contribution in [3.63, 3.8) is 0 Å². The highest BCUT2D eigenvalue weighted by Gasteiger charge is 2.56. The Morgan fingerprint density at radius 1 is 1.50 bits per heavy atom. The molecular formula is C11H12ClNO3. The van der Waals surface area contributed by atoms with Crippen LogP contribution in [0.25, 0.3) is 0 Å². The third kappa shape index (κ3) is 1.64. The third-order valence-corrected chi connectivity index (χ3v) is 3.42. The number of rotatable bonds is 3. The standard InChI is InChI=1S/C11H12ClNO3/c12-7-2-1-6(5-8(7)13)9(14)11(3-4-11)10(15)16/h1-2,5,9,14H,3-4,13H2,(H,15,16). The first-order valence-electron chi connectivity index (χ1n) is 4.94. The number of carboxylic acid groups (broad SMARTS) is 1. The van der Waals surface area contributed by atoms with E-state index in [1.165, 1.54) is 6.07 Å². The summed E-state index contributed by atoms with van der Waals surface area (Å²) in [5.74, 6) is -0.964. The van der Waals surface area contributed by atoms with E-state index in [4.69, 9.17) is 22.4 Å². The highest BCUT2D eigenvalue weighted by molar-refractivity contribution is 6.33. The molecule has 86 valence electrons. The second-order valence-corrected chi connectivity index (χ2v) is 4.55. The Bertz CT molecular complexity index is 443. The van der Waals surface area contributed by atoms with Crippen molar-refractivity contribution < 1.29 is 15.0 Å². The van der Waals surface area contributed by atoms with Gasteiger partial charge in [0.1, 0.15) is 0 Å². The van der Waals surface area contributed by atoms with E-state index in [0.717, 1.165) is 0 Å². The Kier molecular flexibility index (Phi) is 2.56. The van der Waals surface area contributed by atoms with Crippen LogP contribution in [-0.4, -0.2) is 16.2 Å². The van der Waals surface area contributed by atoms with Crippen molar-refractivity contribution >= 4 is 23.3 Å². The van der Waals surface area contributed by atoms with E-state index in [2.05, 4.69) is 0 Å². The molecule has 0 heterocycles. The lowest BCUT2D eigenvalue weighted by Gasteiger charge is -2.18. The summed E-state index contributed by atoms with van der Waals surface area (Å²) >= 11 is 5.75. The molecule has 1 aromatic carbocycles. The minimum atomic E-state index is -1.03. The average Bonchev–Trinajstić information content (AvgIpc) is 3.02. The van der Waals surface area contributed by atoms with E-state index < -0.39 is 17.5 Å². The SMILES string of the molecule is Nc1cc(C(O)C2(C(=O)O)CC2)ccc1Cl. The topological polar surface area (TPSA) is 83.5 Å². The molecule has 16 heavy (non-hydrogen) atoms. The Labute approximate surface area is 97.6 Å². The number of carbonyl (C=O) groups is 1. The number of aliphatic hydroxyl groups is 1. The van der Waals surface area contributed by atoms with Gasteiger partial charge in [-0.1, -0.05) is 17.7 Å². The molecule has 1 aliphatic carbocycles. The van der Waals surface area contributed by atoms with Gasteiger partial charge in [-0.2, -0.15) is 0 Å². The first kappa shape index (κ1) is 11.2. The van der Waals surface area contributed by atoms with E-state index in [1.54, 1.807) is 12.1 Å². The molecule has 0 amide bonds. The average molecular weight is 242 g/mol. The number of benzene rings is 1. The maximum atomic E-state index is 11.0. The molecule has 0 radical (unpaired) electrons. The Balaban J connectivity index is 2.31. The lowest BCUT2D eigenvalue weighted by atomic mass is 9.93. The molecule has 1 unspecified atom stereocenters. The molecule has 1 aliphatic rings. The summed E-state index contributed by atoms with van der Waals surface area (Å²) in [6.45, 7) is 0. The first-order valence-corrected chi connectivity index (χ1v) is 5.31. The van der Waals surface area contributed by atoms with Crippen LogP contribution in [0.15, 0.2) is 18.2 Å². The molecular weight excluding hydrogens is 230 g/mol. The van der Waals surface area contributed by atoms with Gasteiger partial charge in [-0.15, -0.1) is 0 Å². The smallest absolute Gasteiger partial charge is 0.312 e. The fraction of sp³-hybridized carbons (Fsp3) is 0.364. The number of nitrogens with two attached hydrogens (primary N) is 1. The summed E-state index contributed by atoms with van der Waals surface area (Å²) in [6.07, 6.45) is -0.0394. The zero-order chi connectivity index (χ0) is 11.9. The lowest BCUT2D eigenvalue weighted by Crippen LogP contribution is -2.23. The molecule has 0 aliphatic heterocycles. The van der Waals surface area contributed by atoms with E-state index in [0.29, 0.717) is 29.1 Å². The molecule has 0 aromatic heterocycles. The van der Waals surface area contributed by atoms with Crippen molar-refractivity contribution in [2.24, 2.45) is 5.41 Å². The third-order valence-electron chi connectivity index (χ3n) is 3.07. The highest BCUT2D eigenvalue weighted by Crippen LogP contribution is 2.55. The van der Waals surface area contributed by atoms with Gasteiger partial charge >= 0.3 is 5.97 Å². The van der Waals surface area contributed by atoms with Crippen molar-refractivity contribution in [3.8, 4) is 0 Å². The molecule has 5 heteroatoms. The van der Waals surface area contributed by atoms with Gasteiger partial charge in [0.25, 0.3) is 0 Å². The summed E-state index contributed by atoms with van der Waals surface area (Å²) < 4.78 is 0. The fourth-order valence-corrected chi connectivity index (χ4v) is 1.91. The summed E-state index contributed by atoms with van der Waals surface area (Å²) in [5, 5.41) is 19.5. The summed E-state index contributed by atoms with van der Waals surface area (Å²) in [4.78, 5) is 11.0. The zero-order valence-electron chi connectivity index (χ0n) is 8.48. The van der Waals surface area contributed by atoms with Gasteiger partial charge in [0.15, 0.2) is 0 Å². The molecule has 2 rings (SSSR count). The van der Waals surface area contributed by atoms with Gasteiger partial charge in [0.05, 0.1) is 22.2 Å². The Morgan fingerprint density at radius 2 is 2.12 bits per heavy atom. The van der Waals surface area contributed by atoms with Crippen LogP contribution in [0.1, 0.15) is 24.5 Å². The number of aliphatic hydroxyl groups excluding tert-OH is 1. The minimum Gasteiger partial charge on any atom is -0.481 e. The molecule has 1 aromatic rings. The number of nitrogen functional groups attached to an aromatic ring is 1. The van der Waals surface area contributed by atoms with Crippen LogP contribution in [0.4, 0.5) is 5.69 Å². The van der Waals surface area contributed by atoms with Gasteiger partial charge in [-0.25, -0.2) is 0 Å². The van der Waals surface area contributed by atoms with Crippen molar-refractivity contribution in [2.45, 2.75) is 18.9 Å². The van der Waals surface area contributed by atoms with E-state index in [1.807, 2.05) is 0 Å². The molecule has 1 saturated carbocycles. The monoisotopic (exact) mass is 241 g/mol. The normalized spacial score (nSPS) is 19.1.